The van der Waals surface area contributed by atoms with Gasteiger partial charge in [-0.25, -0.2) is 8.42 Å². The van der Waals surface area contributed by atoms with Gasteiger partial charge in [-0.15, -0.1) is 0 Å². The van der Waals surface area contributed by atoms with Gasteiger partial charge in [-0.2, -0.15) is 4.31 Å². The van der Waals surface area contributed by atoms with Crippen molar-refractivity contribution in [2.75, 3.05) is 0 Å². The Kier molecular flexibility index (Phi) is 4.06. The van der Waals surface area contributed by atoms with Crippen LogP contribution in [0.4, 0.5) is 0 Å². The monoisotopic (exact) mass is 315 g/mol. The van der Waals surface area contributed by atoms with Crippen molar-refractivity contribution in [1.29, 1.82) is 0 Å². The number of fused-ring (bicyclic) bond motifs is 1. The van der Waals surface area contributed by atoms with Gasteiger partial charge in [-0.05, 0) is 35.6 Å². The summed E-state index contributed by atoms with van der Waals surface area (Å²) in [6, 6.07) is 16.9. The molecule has 0 aromatic heterocycles. The lowest BCUT2D eigenvalue weighted by Gasteiger charge is -2.38. The largest absolute Gasteiger partial charge is 0.243 e. The fourth-order valence-electron chi connectivity index (χ4n) is 3.08. The summed E-state index contributed by atoms with van der Waals surface area (Å²) in [5.41, 5.74) is 2.37. The van der Waals surface area contributed by atoms with Crippen LogP contribution in [0.15, 0.2) is 59.5 Å². The van der Waals surface area contributed by atoms with E-state index in [2.05, 4.69) is 19.9 Å². The number of hydrogen-bond donors (Lipinski definition) is 0. The van der Waals surface area contributed by atoms with Crippen LogP contribution in [0.2, 0.25) is 0 Å². The average molecular weight is 315 g/mol. The molecule has 1 aliphatic rings. The zero-order chi connectivity index (χ0) is 15.7. The summed E-state index contributed by atoms with van der Waals surface area (Å²) in [5.74, 6) is 0.270. The smallest absolute Gasteiger partial charge is 0.207 e. The molecule has 1 atom stereocenters. The molecule has 3 nitrogen and oxygen atoms in total. The van der Waals surface area contributed by atoms with E-state index < -0.39 is 10.0 Å². The van der Waals surface area contributed by atoms with E-state index in [1.807, 2.05) is 24.3 Å². The summed E-state index contributed by atoms with van der Waals surface area (Å²) in [4.78, 5) is 0.375. The molecule has 2 aromatic rings. The van der Waals surface area contributed by atoms with E-state index in [4.69, 9.17) is 0 Å². The highest BCUT2D eigenvalue weighted by molar-refractivity contribution is 7.89. The minimum atomic E-state index is -3.47. The summed E-state index contributed by atoms with van der Waals surface area (Å²) in [7, 11) is -3.47. The summed E-state index contributed by atoms with van der Waals surface area (Å²) in [6.07, 6.45) is 0.778. The highest BCUT2D eigenvalue weighted by Gasteiger charge is 2.36. The molecule has 1 unspecified atom stereocenters. The van der Waals surface area contributed by atoms with E-state index in [0.29, 0.717) is 11.4 Å². The van der Waals surface area contributed by atoms with Crippen LogP contribution in [0.3, 0.4) is 0 Å². The van der Waals surface area contributed by atoms with E-state index in [0.717, 1.165) is 12.0 Å². The summed E-state index contributed by atoms with van der Waals surface area (Å²) >= 11 is 0. The zero-order valence-corrected chi connectivity index (χ0v) is 13.8. The maximum absolute atomic E-state index is 13.0. The van der Waals surface area contributed by atoms with Crippen LogP contribution in [0.5, 0.6) is 0 Å². The van der Waals surface area contributed by atoms with Gasteiger partial charge in [0, 0.05) is 12.6 Å². The Hall–Kier alpha value is -1.65. The predicted octanol–water partition coefficient (Wildman–Crippen LogP) is 3.46. The highest BCUT2D eigenvalue weighted by Crippen LogP contribution is 2.31. The first-order valence-electron chi connectivity index (χ1n) is 7.64. The molecule has 0 aliphatic carbocycles. The first kappa shape index (κ1) is 15.3. The third-order valence-electron chi connectivity index (χ3n) is 4.36. The van der Waals surface area contributed by atoms with E-state index in [1.54, 1.807) is 28.6 Å². The van der Waals surface area contributed by atoms with Crippen LogP contribution in [-0.2, 0) is 23.0 Å². The second-order valence-corrected chi connectivity index (χ2v) is 8.04. The Balaban J connectivity index is 2.05. The molecule has 3 rings (SSSR count). The van der Waals surface area contributed by atoms with Gasteiger partial charge in [-0.1, -0.05) is 56.3 Å². The molecule has 4 heteroatoms. The van der Waals surface area contributed by atoms with Gasteiger partial charge in [0.25, 0.3) is 0 Å². The number of hydrogen-bond acceptors (Lipinski definition) is 2. The minimum absolute atomic E-state index is 0.0000983. The van der Waals surface area contributed by atoms with E-state index in [9.17, 15) is 8.42 Å². The van der Waals surface area contributed by atoms with E-state index in [1.165, 1.54) is 5.56 Å². The minimum Gasteiger partial charge on any atom is -0.207 e. The topological polar surface area (TPSA) is 37.4 Å². The summed E-state index contributed by atoms with van der Waals surface area (Å²) in [5, 5.41) is 0. The molecule has 22 heavy (non-hydrogen) atoms. The van der Waals surface area contributed by atoms with Crippen molar-refractivity contribution in [1.82, 2.24) is 4.31 Å². The molecule has 0 bridgehead atoms. The van der Waals surface area contributed by atoms with Crippen LogP contribution in [0, 0.1) is 5.92 Å². The standard InChI is InChI=1S/C18H21NO2S/c1-14(2)18-12-15-8-6-7-9-16(15)13-19(18)22(20,21)17-10-4-3-5-11-17/h3-11,14,18H,12-13H2,1-2H3. The third kappa shape index (κ3) is 2.69. The SMILES string of the molecule is CC(C)C1Cc2ccccc2CN1S(=O)(=O)c1ccccc1. The third-order valence-corrected chi connectivity index (χ3v) is 6.25. The van der Waals surface area contributed by atoms with Crippen molar-refractivity contribution in [3.63, 3.8) is 0 Å². The van der Waals surface area contributed by atoms with Crippen molar-refractivity contribution in [2.24, 2.45) is 5.92 Å². The molecule has 1 aliphatic heterocycles. The molecule has 2 aromatic carbocycles. The maximum atomic E-state index is 13.0. The quantitative estimate of drug-likeness (QED) is 0.870. The lowest BCUT2D eigenvalue weighted by Crippen LogP contribution is -2.46. The Bertz CT molecular complexity index is 754. The van der Waals surface area contributed by atoms with Crippen molar-refractivity contribution in [3.8, 4) is 0 Å². The molecule has 0 N–H and O–H groups in total. The summed E-state index contributed by atoms with van der Waals surface area (Å²) < 4.78 is 27.8. The van der Waals surface area contributed by atoms with Gasteiger partial charge in [-0.3, -0.25) is 0 Å². The molecule has 116 valence electrons. The molecule has 0 amide bonds. The van der Waals surface area contributed by atoms with Crippen molar-refractivity contribution in [3.05, 3.63) is 65.7 Å². The number of benzene rings is 2. The predicted molar refractivity (Wildman–Crippen MR) is 87.9 cm³/mol. The summed E-state index contributed by atoms with van der Waals surface area (Å²) in [6.45, 7) is 4.63. The van der Waals surface area contributed by atoms with Crippen molar-refractivity contribution < 1.29 is 8.42 Å². The van der Waals surface area contributed by atoms with E-state index in [-0.39, 0.29) is 12.0 Å². The zero-order valence-electron chi connectivity index (χ0n) is 12.9. The van der Waals surface area contributed by atoms with Crippen LogP contribution < -0.4 is 0 Å². The number of rotatable bonds is 3. The van der Waals surface area contributed by atoms with E-state index >= 15 is 0 Å². The highest BCUT2D eigenvalue weighted by atomic mass is 32.2. The Morgan fingerprint density at radius 3 is 2.18 bits per heavy atom. The Morgan fingerprint density at radius 2 is 1.55 bits per heavy atom. The fraction of sp³-hybridized carbons (Fsp3) is 0.333. The maximum Gasteiger partial charge on any atom is 0.243 e. The number of nitrogens with zero attached hydrogens (tertiary/aromatic N) is 1. The van der Waals surface area contributed by atoms with Crippen molar-refractivity contribution >= 4 is 10.0 Å². The van der Waals surface area contributed by atoms with Gasteiger partial charge in [0.2, 0.25) is 10.0 Å². The van der Waals surface area contributed by atoms with Crippen molar-refractivity contribution in [2.45, 2.75) is 37.8 Å². The Labute approximate surface area is 132 Å². The Morgan fingerprint density at radius 1 is 0.955 bits per heavy atom. The van der Waals surface area contributed by atoms with Crippen LogP contribution in [-0.4, -0.2) is 18.8 Å². The van der Waals surface area contributed by atoms with Gasteiger partial charge >= 0.3 is 0 Å². The lowest BCUT2D eigenvalue weighted by molar-refractivity contribution is 0.234. The molecule has 0 spiro atoms. The van der Waals surface area contributed by atoms with Gasteiger partial charge in [0.1, 0.15) is 0 Å². The van der Waals surface area contributed by atoms with Crippen LogP contribution >= 0.6 is 0 Å². The lowest BCUT2D eigenvalue weighted by atomic mass is 9.90. The molecular weight excluding hydrogens is 294 g/mol. The molecule has 0 radical (unpaired) electrons. The molecular formula is C18H21NO2S. The average Bonchev–Trinajstić information content (AvgIpc) is 2.54. The number of sulfonamides is 1. The van der Waals surface area contributed by atoms with Gasteiger partial charge < -0.3 is 0 Å². The van der Waals surface area contributed by atoms with Gasteiger partial charge in [0.15, 0.2) is 0 Å². The van der Waals surface area contributed by atoms with Gasteiger partial charge in [0.05, 0.1) is 4.90 Å². The first-order valence-corrected chi connectivity index (χ1v) is 9.08. The fourth-order valence-corrected chi connectivity index (χ4v) is 4.84. The second-order valence-electron chi connectivity index (χ2n) is 6.15. The molecule has 0 fully saturated rings. The molecule has 0 saturated carbocycles. The normalized spacial score (nSPS) is 19.1. The van der Waals surface area contributed by atoms with Crippen LogP contribution in [0.25, 0.3) is 0 Å². The molecule has 0 saturated heterocycles. The second kappa shape index (κ2) is 5.86. The first-order chi connectivity index (χ1) is 10.5. The molecule has 1 heterocycles. The van der Waals surface area contributed by atoms with Crippen LogP contribution in [0.1, 0.15) is 25.0 Å².